The van der Waals surface area contributed by atoms with Crippen LogP contribution in [0.25, 0.3) is 0 Å². The van der Waals surface area contributed by atoms with Crippen molar-refractivity contribution in [1.29, 1.82) is 0 Å². The first-order valence-corrected chi connectivity index (χ1v) is 12.8. The van der Waals surface area contributed by atoms with Gasteiger partial charge in [-0.25, -0.2) is 4.79 Å². The van der Waals surface area contributed by atoms with Crippen LogP contribution < -0.4 is 5.32 Å². The second-order valence-corrected chi connectivity index (χ2v) is 9.24. The van der Waals surface area contributed by atoms with Crippen LogP contribution >= 0.6 is 0 Å². The van der Waals surface area contributed by atoms with E-state index in [2.05, 4.69) is 21.5 Å². The largest absolute Gasteiger partial charge is 0.353 e. The minimum atomic E-state index is -4.12. The highest BCUT2D eigenvalue weighted by atomic mass is 32.2. The molecule has 1 N–H and O–H groups in total. The Hall–Kier alpha value is -1.93. The summed E-state index contributed by atoms with van der Waals surface area (Å²) in [6, 6.07) is 7.57. The van der Waals surface area contributed by atoms with Crippen molar-refractivity contribution in [3.63, 3.8) is 0 Å². The van der Waals surface area contributed by atoms with Crippen LogP contribution in [-0.2, 0) is 28.9 Å². The van der Waals surface area contributed by atoms with Crippen molar-refractivity contribution in [1.82, 2.24) is 5.32 Å². The van der Waals surface area contributed by atoms with Crippen molar-refractivity contribution >= 4 is 22.0 Å². The van der Waals surface area contributed by atoms with Crippen molar-refractivity contribution in [2.45, 2.75) is 102 Å². The molecule has 8 heteroatoms. The van der Waals surface area contributed by atoms with Crippen molar-refractivity contribution in [2.75, 3.05) is 0 Å². The molecule has 31 heavy (non-hydrogen) atoms. The molecule has 1 amide bonds. The lowest BCUT2D eigenvalue weighted by atomic mass is 10.1. The summed E-state index contributed by atoms with van der Waals surface area (Å²) in [6.07, 6.45) is 10.3. The minimum absolute atomic E-state index is 0.0481. The molecule has 176 valence electrons. The maximum absolute atomic E-state index is 12.1. The van der Waals surface area contributed by atoms with Gasteiger partial charge in [-0.2, -0.15) is 8.42 Å². The number of carbonyl (C=O) groups excluding carboxylic acids is 2. The van der Waals surface area contributed by atoms with Crippen LogP contribution in [0.2, 0.25) is 0 Å². The smallest absolute Gasteiger partial charge is 0.343 e. The summed E-state index contributed by atoms with van der Waals surface area (Å²) in [7, 11) is -4.12. The number of rotatable bonds is 17. The molecule has 0 heterocycles. The fourth-order valence-corrected chi connectivity index (χ4v) is 3.89. The Morgan fingerprint density at radius 2 is 1.55 bits per heavy atom. The van der Waals surface area contributed by atoms with E-state index in [-0.39, 0.29) is 23.3 Å². The summed E-state index contributed by atoms with van der Waals surface area (Å²) in [4.78, 5) is 28.2. The predicted molar refractivity (Wildman–Crippen MR) is 119 cm³/mol. The molecule has 1 aromatic carbocycles. The van der Waals surface area contributed by atoms with Crippen LogP contribution in [0.5, 0.6) is 0 Å². The summed E-state index contributed by atoms with van der Waals surface area (Å²) < 4.78 is 28.2. The molecule has 1 rings (SSSR count). The monoisotopic (exact) mass is 455 g/mol. The summed E-state index contributed by atoms with van der Waals surface area (Å²) >= 11 is 0. The quantitative estimate of drug-likeness (QED) is 0.200. The lowest BCUT2D eigenvalue weighted by Crippen LogP contribution is -2.34. The van der Waals surface area contributed by atoms with Gasteiger partial charge in [-0.3, -0.25) is 9.68 Å². The SMILES string of the molecule is CCCCCCCCC(=O)NC(CC)CCCCC(=O)OOS(=O)(=O)c1ccccc1. The number of nitrogens with one attached hydrogen (secondary N) is 1. The fraction of sp³-hybridized carbons (Fsp3) is 0.652. The Morgan fingerprint density at radius 1 is 0.903 bits per heavy atom. The van der Waals surface area contributed by atoms with Gasteiger partial charge < -0.3 is 5.32 Å². The van der Waals surface area contributed by atoms with Gasteiger partial charge >= 0.3 is 16.1 Å². The van der Waals surface area contributed by atoms with E-state index in [1.54, 1.807) is 18.2 Å². The zero-order chi connectivity index (χ0) is 23.0. The molecule has 0 saturated carbocycles. The molecule has 1 atom stereocenters. The van der Waals surface area contributed by atoms with Crippen LogP contribution in [0.3, 0.4) is 0 Å². The number of benzene rings is 1. The third-order valence-electron chi connectivity index (χ3n) is 5.05. The van der Waals surface area contributed by atoms with Gasteiger partial charge in [0.15, 0.2) is 0 Å². The van der Waals surface area contributed by atoms with Crippen LogP contribution in [0.1, 0.15) is 90.9 Å². The van der Waals surface area contributed by atoms with Gasteiger partial charge in [0.1, 0.15) is 0 Å². The molecule has 0 aromatic heterocycles. The maximum atomic E-state index is 12.1. The number of carbonyl (C=O) groups is 2. The van der Waals surface area contributed by atoms with Gasteiger partial charge in [0.2, 0.25) is 5.91 Å². The third-order valence-corrected chi connectivity index (χ3v) is 6.14. The average molecular weight is 456 g/mol. The molecule has 0 radical (unpaired) electrons. The molecule has 0 aliphatic rings. The van der Waals surface area contributed by atoms with Gasteiger partial charge in [-0.05, 0) is 42.1 Å². The Balaban J connectivity index is 2.17. The lowest BCUT2D eigenvalue weighted by Gasteiger charge is -2.16. The topological polar surface area (TPSA) is 98.8 Å². The Kier molecular flexibility index (Phi) is 13.8. The van der Waals surface area contributed by atoms with Crippen LogP contribution in [0.4, 0.5) is 0 Å². The number of hydrogen-bond acceptors (Lipinski definition) is 6. The van der Waals surface area contributed by atoms with Gasteiger partial charge in [-0.1, -0.05) is 70.6 Å². The van der Waals surface area contributed by atoms with E-state index in [1.807, 2.05) is 6.92 Å². The van der Waals surface area contributed by atoms with E-state index >= 15 is 0 Å². The van der Waals surface area contributed by atoms with Gasteiger partial charge in [0, 0.05) is 18.9 Å². The zero-order valence-corrected chi connectivity index (χ0v) is 19.6. The van der Waals surface area contributed by atoms with E-state index in [0.29, 0.717) is 12.8 Å². The summed E-state index contributed by atoms with van der Waals surface area (Å²) in [5.74, 6) is -0.652. The van der Waals surface area contributed by atoms with Gasteiger partial charge in [0.25, 0.3) is 0 Å². The Morgan fingerprint density at radius 3 is 2.23 bits per heavy atom. The van der Waals surface area contributed by atoms with Crippen molar-refractivity contribution in [3.05, 3.63) is 30.3 Å². The first-order chi connectivity index (χ1) is 14.9. The van der Waals surface area contributed by atoms with E-state index in [0.717, 1.165) is 32.1 Å². The molecule has 0 saturated heterocycles. The number of unbranched alkanes of at least 4 members (excludes halogenated alkanes) is 6. The predicted octanol–water partition coefficient (Wildman–Crippen LogP) is 5.06. The Labute approximate surface area is 186 Å². The third kappa shape index (κ3) is 12.5. The Bertz CT molecular complexity index is 736. The summed E-state index contributed by atoms with van der Waals surface area (Å²) in [5, 5.41) is 3.06. The minimum Gasteiger partial charge on any atom is -0.353 e. The molecule has 0 aliphatic carbocycles. The highest BCUT2D eigenvalue weighted by Crippen LogP contribution is 2.13. The lowest BCUT2D eigenvalue weighted by molar-refractivity contribution is -0.211. The zero-order valence-electron chi connectivity index (χ0n) is 18.8. The van der Waals surface area contributed by atoms with E-state index in [4.69, 9.17) is 0 Å². The van der Waals surface area contributed by atoms with E-state index in [1.165, 1.54) is 37.8 Å². The molecule has 0 spiro atoms. The molecule has 0 fully saturated rings. The van der Waals surface area contributed by atoms with Crippen LogP contribution in [0.15, 0.2) is 35.2 Å². The second-order valence-electron chi connectivity index (χ2n) is 7.73. The molecule has 0 bridgehead atoms. The normalized spacial score (nSPS) is 12.3. The average Bonchev–Trinajstić information content (AvgIpc) is 2.77. The summed E-state index contributed by atoms with van der Waals surface area (Å²) in [5.41, 5.74) is 0. The first kappa shape index (κ1) is 27.1. The molecular formula is C23H37NO6S. The number of hydrogen-bond donors (Lipinski definition) is 1. The maximum Gasteiger partial charge on any atom is 0.343 e. The standard InChI is InChI=1S/C23H37NO6S/c1-3-5-6-7-8-12-18-22(25)24-20(4-2)15-13-14-19-23(26)29-30-31(27,28)21-16-10-9-11-17-21/h9-11,16-17,20H,3-8,12-15,18-19H2,1-2H3,(H,24,25). The number of amides is 1. The van der Waals surface area contributed by atoms with Gasteiger partial charge in [-0.15, -0.1) is 0 Å². The molecule has 7 nitrogen and oxygen atoms in total. The van der Waals surface area contributed by atoms with Gasteiger partial charge in [0.05, 0.1) is 4.90 Å². The van der Waals surface area contributed by atoms with Crippen LogP contribution in [-0.4, -0.2) is 26.3 Å². The molecule has 0 aliphatic heterocycles. The van der Waals surface area contributed by atoms with E-state index in [9.17, 15) is 18.0 Å². The molecule has 1 unspecified atom stereocenters. The van der Waals surface area contributed by atoms with Crippen molar-refractivity contribution in [3.8, 4) is 0 Å². The fourth-order valence-electron chi connectivity index (χ4n) is 3.16. The van der Waals surface area contributed by atoms with Crippen molar-refractivity contribution in [2.24, 2.45) is 0 Å². The van der Waals surface area contributed by atoms with E-state index < -0.39 is 16.1 Å². The first-order valence-electron chi connectivity index (χ1n) is 11.4. The van der Waals surface area contributed by atoms with Crippen molar-refractivity contribution < 1.29 is 27.2 Å². The molecule has 1 aromatic rings. The summed E-state index contributed by atoms with van der Waals surface area (Å²) in [6.45, 7) is 4.21. The second kappa shape index (κ2) is 15.8. The molecular weight excluding hydrogens is 418 g/mol. The highest BCUT2D eigenvalue weighted by Gasteiger charge is 2.18. The highest BCUT2D eigenvalue weighted by molar-refractivity contribution is 7.86. The van der Waals surface area contributed by atoms with Crippen LogP contribution in [0, 0.1) is 0 Å².